The maximum Gasteiger partial charge on any atom is 0.273 e. The number of benzene rings is 2. The second kappa shape index (κ2) is 5.97. The fourth-order valence-corrected chi connectivity index (χ4v) is 1.66. The summed E-state index contributed by atoms with van der Waals surface area (Å²) in [7, 11) is 0. The van der Waals surface area contributed by atoms with Crippen LogP contribution in [0, 0.1) is 17.0 Å². The molecule has 0 heterocycles. The summed E-state index contributed by atoms with van der Waals surface area (Å²) in [5, 5.41) is 10.6. The van der Waals surface area contributed by atoms with Gasteiger partial charge in [0.2, 0.25) is 0 Å². The molecular weight excluding hydrogens is 258 g/mol. The summed E-state index contributed by atoms with van der Waals surface area (Å²) in [6.07, 6.45) is 0. The monoisotopic (exact) mass is 271 g/mol. The van der Waals surface area contributed by atoms with E-state index in [1.165, 1.54) is 18.2 Å². The Balaban J connectivity index is 2.01. The second-order valence-electron chi connectivity index (χ2n) is 4.33. The molecule has 5 nitrogen and oxygen atoms in total. The van der Waals surface area contributed by atoms with Gasteiger partial charge in [0.15, 0.2) is 12.4 Å². The number of rotatable bonds is 5. The van der Waals surface area contributed by atoms with E-state index in [1.54, 1.807) is 18.2 Å². The van der Waals surface area contributed by atoms with Crippen molar-refractivity contribution in [2.45, 2.75) is 6.92 Å². The van der Waals surface area contributed by atoms with Crippen molar-refractivity contribution in [1.82, 2.24) is 0 Å². The first-order valence-electron chi connectivity index (χ1n) is 6.03. The fourth-order valence-electron chi connectivity index (χ4n) is 1.66. The number of nitro groups is 1. The fraction of sp³-hybridized carbons (Fsp3) is 0.133. The average Bonchev–Trinajstić information content (AvgIpc) is 2.46. The topological polar surface area (TPSA) is 69.4 Å². The summed E-state index contributed by atoms with van der Waals surface area (Å²) in [4.78, 5) is 22.0. The number of non-ortho nitro benzene ring substituents is 1. The number of aryl methyl sites for hydroxylation is 1. The van der Waals surface area contributed by atoms with Crippen LogP contribution < -0.4 is 4.74 Å². The molecule has 0 fully saturated rings. The quantitative estimate of drug-likeness (QED) is 0.476. The molecule has 20 heavy (non-hydrogen) atoms. The molecule has 0 aliphatic rings. The van der Waals surface area contributed by atoms with E-state index in [0.29, 0.717) is 11.3 Å². The van der Waals surface area contributed by atoms with E-state index < -0.39 is 4.92 Å². The molecule has 2 rings (SSSR count). The van der Waals surface area contributed by atoms with Crippen LogP contribution in [-0.4, -0.2) is 17.3 Å². The molecule has 0 saturated carbocycles. The first kappa shape index (κ1) is 13.7. The third-order valence-electron chi connectivity index (χ3n) is 2.77. The zero-order valence-corrected chi connectivity index (χ0v) is 10.9. The van der Waals surface area contributed by atoms with Gasteiger partial charge in [-0.05, 0) is 13.0 Å². The van der Waals surface area contributed by atoms with E-state index in [9.17, 15) is 14.9 Å². The van der Waals surface area contributed by atoms with Gasteiger partial charge in [0, 0.05) is 11.6 Å². The highest BCUT2D eigenvalue weighted by Gasteiger charge is 2.09. The van der Waals surface area contributed by atoms with Crippen LogP contribution in [0.5, 0.6) is 5.75 Å². The average molecular weight is 271 g/mol. The van der Waals surface area contributed by atoms with Crippen LogP contribution in [-0.2, 0) is 0 Å². The van der Waals surface area contributed by atoms with Gasteiger partial charge in [-0.15, -0.1) is 0 Å². The minimum atomic E-state index is -0.505. The summed E-state index contributed by atoms with van der Waals surface area (Å²) < 4.78 is 5.29. The number of hydrogen-bond acceptors (Lipinski definition) is 4. The van der Waals surface area contributed by atoms with Crippen molar-refractivity contribution < 1.29 is 14.5 Å². The van der Waals surface area contributed by atoms with E-state index in [4.69, 9.17) is 4.74 Å². The number of nitrogens with zero attached hydrogens (tertiary/aromatic N) is 1. The smallest absolute Gasteiger partial charge is 0.273 e. The molecule has 0 aliphatic carbocycles. The maximum atomic E-state index is 11.9. The first-order valence-corrected chi connectivity index (χ1v) is 6.03. The SMILES string of the molecule is Cc1ccc(C(=O)COc2cccc([N+](=O)[O-])c2)cc1. The largest absolute Gasteiger partial charge is 0.485 e. The normalized spacial score (nSPS) is 10.1. The molecular formula is C15H13NO4. The lowest BCUT2D eigenvalue weighted by Crippen LogP contribution is -2.11. The minimum absolute atomic E-state index is 0.0646. The Labute approximate surface area is 116 Å². The number of hydrogen-bond donors (Lipinski definition) is 0. The molecule has 0 amide bonds. The molecule has 0 radical (unpaired) electrons. The van der Waals surface area contributed by atoms with Crippen LogP contribution in [0.3, 0.4) is 0 Å². The molecule has 2 aromatic carbocycles. The second-order valence-corrected chi connectivity index (χ2v) is 4.33. The summed E-state index contributed by atoms with van der Waals surface area (Å²) in [5.74, 6) is 0.135. The summed E-state index contributed by atoms with van der Waals surface area (Å²) in [6.45, 7) is 1.79. The van der Waals surface area contributed by atoms with Crippen molar-refractivity contribution in [3.05, 3.63) is 69.8 Å². The van der Waals surface area contributed by atoms with Crippen LogP contribution >= 0.6 is 0 Å². The van der Waals surface area contributed by atoms with E-state index in [-0.39, 0.29) is 18.1 Å². The third kappa shape index (κ3) is 3.41. The summed E-state index contributed by atoms with van der Waals surface area (Å²) in [6, 6.07) is 12.9. The number of nitro benzene ring substituents is 1. The number of ketones is 1. The van der Waals surface area contributed by atoms with Crippen molar-refractivity contribution in [3.8, 4) is 5.75 Å². The lowest BCUT2D eigenvalue weighted by atomic mass is 10.1. The number of Topliss-reactive ketones (excluding diaryl/α,β-unsaturated/α-hetero) is 1. The summed E-state index contributed by atoms with van der Waals surface area (Å²) >= 11 is 0. The van der Waals surface area contributed by atoms with Crippen molar-refractivity contribution in [2.24, 2.45) is 0 Å². The Hall–Kier alpha value is -2.69. The van der Waals surface area contributed by atoms with Crippen molar-refractivity contribution in [3.63, 3.8) is 0 Å². The Morgan fingerprint density at radius 3 is 2.55 bits per heavy atom. The molecule has 0 atom stereocenters. The van der Waals surface area contributed by atoms with E-state index in [2.05, 4.69) is 0 Å². The standard InChI is InChI=1S/C15H13NO4/c1-11-5-7-12(8-6-11)15(17)10-20-14-4-2-3-13(9-14)16(18)19/h2-9H,10H2,1H3. The van der Waals surface area contributed by atoms with Crippen LogP contribution in [0.4, 0.5) is 5.69 Å². The molecule has 0 saturated heterocycles. The minimum Gasteiger partial charge on any atom is -0.485 e. The van der Waals surface area contributed by atoms with Gasteiger partial charge in [-0.2, -0.15) is 0 Å². The maximum absolute atomic E-state index is 11.9. The van der Waals surface area contributed by atoms with Crippen molar-refractivity contribution >= 4 is 11.5 Å². The van der Waals surface area contributed by atoms with Gasteiger partial charge in [-0.25, -0.2) is 0 Å². The predicted octanol–water partition coefficient (Wildman–Crippen LogP) is 3.16. The molecule has 2 aromatic rings. The zero-order valence-electron chi connectivity index (χ0n) is 10.9. The molecule has 0 bridgehead atoms. The molecule has 0 spiro atoms. The number of carbonyl (C=O) groups is 1. The molecule has 102 valence electrons. The molecule has 5 heteroatoms. The Morgan fingerprint density at radius 2 is 1.90 bits per heavy atom. The molecule has 0 N–H and O–H groups in total. The van der Waals surface area contributed by atoms with Crippen molar-refractivity contribution in [1.29, 1.82) is 0 Å². The molecule has 0 aromatic heterocycles. The van der Waals surface area contributed by atoms with Crippen molar-refractivity contribution in [2.75, 3.05) is 6.61 Å². The lowest BCUT2D eigenvalue weighted by molar-refractivity contribution is -0.384. The third-order valence-corrected chi connectivity index (χ3v) is 2.77. The zero-order chi connectivity index (χ0) is 14.5. The number of ether oxygens (including phenoxy) is 1. The van der Waals surface area contributed by atoms with Crippen LogP contribution in [0.15, 0.2) is 48.5 Å². The molecule has 0 unspecified atom stereocenters. The van der Waals surface area contributed by atoms with Gasteiger partial charge in [-0.3, -0.25) is 14.9 Å². The first-order chi connectivity index (χ1) is 9.56. The van der Waals surface area contributed by atoms with E-state index in [0.717, 1.165) is 5.56 Å². The van der Waals surface area contributed by atoms with Gasteiger partial charge < -0.3 is 4.74 Å². The highest BCUT2D eigenvalue weighted by molar-refractivity contribution is 5.97. The van der Waals surface area contributed by atoms with Gasteiger partial charge >= 0.3 is 0 Å². The van der Waals surface area contributed by atoms with E-state index in [1.807, 2.05) is 19.1 Å². The van der Waals surface area contributed by atoms with Gasteiger partial charge in [0.1, 0.15) is 5.75 Å². The molecule has 0 aliphatic heterocycles. The van der Waals surface area contributed by atoms with Gasteiger partial charge in [-0.1, -0.05) is 35.9 Å². The lowest BCUT2D eigenvalue weighted by Gasteiger charge is -2.05. The Bertz CT molecular complexity index is 635. The van der Waals surface area contributed by atoms with Gasteiger partial charge in [0.25, 0.3) is 5.69 Å². The highest BCUT2D eigenvalue weighted by Crippen LogP contribution is 2.19. The van der Waals surface area contributed by atoms with Crippen LogP contribution in [0.2, 0.25) is 0 Å². The van der Waals surface area contributed by atoms with Crippen LogP contribution in [0.1, 0.15) is 15.9 Å². The van der Waals surface area contributed by atoms with E-state index >= 15 is 0 Å². The summed E-state index contributed by atoms with van der Waals surface area (Å²) in [5.41, 5.74) is 1.56. The van der Waals surface area contributed by atoms with Gasteiger partial charge in [0.05, 0.1) is 11.0 Å². The van der Waals surface area contributed by atoms with Crippen LogP contribution in [0.25, 0.3) is 0 Å². The highest BCUT2D eigenvalue weighted by atomic mass is 16.6. The Kier molecular flexibility index (Phi) is 4.10. The predicted molar refractivity (Wildman–Crippen MR) is 74.1 cm³/mol. The Morgan fingerprint density at radius 1 is 1.20 bits per heavy atom. The number of carbonyl (C=O) groups excluding carboxylic acids is 1.